The van der Waals surface area contributed by atoms with Crippen LogP contribution >= 0.6 is 24.0 Å². The number of ether oxygens (including phenoxy) is 1. The average molecular weight is 572 g/mol. The highest BCUT2D eigenvalue weighted by Crippen LogP contribution is 2.19. The number of nitrogens with zero attached hydrogens (tertiary/aromatic N) is 3. The van der Waals surface area contributed by atoms with E-state index >= 15 is 0 Å². The van der Waals surface area contributed by atoms with E-state index in [4.69, 9.17) is 4.99 Å². The summed E-state index contributed by atoms with van der Waals surface area (Å²) in [5.74, 6) is 1.09. The third-order valence-electron chi connectivity index (χ3n) is 5.31. The van der Waals surface area contributed by atoms with Crippen LogP contribution in [0, 0.1) is 0 Å². The van der Waals surface area contributed by atoms with Crippen molar-refractivity contribution in [2.24, 2.45) is 4.99 Å². The summed E-state index contributed by atoms with van der Waals surface area (Å²) in [4.78, 5) is 20.7. The molecule has 1 amide bonds. The zero-order chi connectivity index (χ0) is 22.9. The predicted molar refractivity (Wildman–Crippen MR) is 136 cm³/mol. The fraction of sp³-hybridized carbons (Fsp3) is 0.417. The van der Waals surface area contributed by atoms with Crippen molar-refractivity contribution in [2.45, 2.75) is 46.0 Å². The van der Waals surface area contributed by atoms with Gasteiger partial charge >= 0.3 is 6.61 Å². The number of carbonyl (C=O) groups excluding carboxylic acids is 1. The maximum atomic E-state index is 12.3. The number of amides is 1. The van der Waals surface area contributed by atoms with Gasteiger partial charge in [0.15, 0.2) is 5.96 Å². The molecule has 1 N–H and O–H groups in total. The molecule has 0 saturated carbocycles. The molecule has 1 fully saturated rings. The van der Waals surface area contributed by atoms with Gasteiger partial charge in [-0.3, -0.25) is 4.79 Å². The molecule has 1 aliphatic rings. The normalized spacial score (nSPS) is 13.8. The van der Waals surface area contributed by atoms with E-state index in [2.05, 4.69) is 16.1 Å². The highest BCUT2D eigenvalue weighted by atomic mass is 127. The lowest BCUT2D eigenvalue weighted by Crippen LogP contribution is -2.38. The summed E-state index contributed by atoms with van der Waals surface area (Å²) in [7, 11) is 1.93. The maximum Gasteiger partial charge on any atom is 0.387 e. The van der Waals surface area contributed by atoms with E-state index in [-0.39, 0.29) is 35.6 Å². The SMILES string of the molecule is CCNC(=NCc1ccccc1CN1CCCC1=O)N(C)Cc1ccc(OC(F)F)cc1.I. The molecule has 0 aromatic heterocycles. The van der Waals surface area contributed by atoms with Gasteiger partial charge in [-0.1, -0.05) is 36.4 Å². The number of alkyl halides is 2. The van der Waals surface area contributed by atoms with Crippen LogP contribution < -0.4 is 10.1 Å². The van der Waals surface area contributed by atoms with Crippen molar-refractivity contribution < 1.29 is 18.3 Å². The summed E-state index contributed by atoms with van der Waals surface area (Å²) in [6.07, 6.45) is 1.55. The van der Waals surface area contributed by atoms with Gasteiger partial charge in [-0.2, -0.15) is 8.78 Å². The van der Waals surface area contributed by atoms with Crippen molar-refractivity contribution in [3.63, 3.8) is 0 Å². The third-order valence-corrected chi connectivity index (χ3v) is 5.31. The Morgan fingerprint density at radius 2 is 1.88 bits per heavy atom. The first kappa shape index (κ1) is 26.8. The first-order chi connectivity index (χ1) is 15.5. The van der Waals surface area contributed by atoms with Gasteiger partial charge in [0.2, 0.25) is 5.91 Å². The van der Waals surface area contributed by atoms with Crippen LogP contribution in [0.4, 0.5) is 8.78 Å². The van der Waals surface area contributed by atoms with E-state index < -0.39 is 6.61 Å². The van der Waals surface area contributed by atoms with Crippen LogP contribution in [0.3, 0.4) is 0 Å². The predicted octanol–water partition coefficient (Wildman–Crippen LogP) is 4.63. The Bertz CT molecular complexity index is 925. The quantitative estimate of drug-likeness (QED) is 0.271. The van der Waals surface area contributed by atoms with Crippen LogP contribution in [0.25, 0.3) is 0 Å². The van der Waals surface area contributed by atoms with Crippen molar-refractivity contribution >= 4 is 35.8 Å². The molecule has 2 aromatic rings. The van der Waals surface area contributed by atoms with Gasteiger partial charge in [0.1, 0.15) is 5.75 Å². The van der Waals surface area contributed by atoms with Crippen LogP contribution in [-0.4, -0.2) is 48.4 Å². The molecule has 0 spiro atoms. The van der Waals surface area contributed by atoms with Crippen molar-refractivity contribution in [3.05, 3.63) is 65.2 Å². The monoisotopic (exact) mass is 572 g/mol. The Labute approximate surface area is 211 Å². The molecule has 0 aliphatic carbocycles. The van der Waals surface area contributed by atoms with Crippen molar-refractivity contribution in [3.8, 4) is 5.75 Å². The molecule has 0 radical (unpaired) electrons. The maximum absolute atomic E-state index is 12.3. The Balaban J connectivity index is 0.00000385. The van der Waals surface area contributed by atoms with Gasteiger partial charge in [-0.05, 0) is 42.2 Å². The molecular formula is C24H31F2IN4O2. The molecule has 0 bridgehead atoms. The van der Waals surface area contributed by atoms with E-state index in [0.29, 0.717) is 32.6 Å². The molecule has 3 rings (SSSR count). The van der Waals surface area contributed by atoms with E-state index in [1.54, 1.807) is 12.1 Å². The lowest BCUT2D eigenvalue weighted by atomic mass is 10.1. The number of guanidine groups is 1. The van der Waals surface area contributed by atoms with Crippen molar-refractivity contribution in [1.82, 2.24) is 15.1 Å². The van der Waals surface area contributed by atoms with Crippen LogP contribution in [0.5, 0.6) is 5.75 Å². The van der Waals surface area contributed by atoms with Crippen molar-refractivity contribution in [2.75, 3.05) is 20.1 Å². The standard InChI is InChI=1S/C24H30F2N4O2.HI/c1-3-27-24(29(2)16-18-10-12-21(13-11-18)32-23(25)26)28-15-19-7-4-5-8-20(19)17-30-14-6-9-22(30)31;/h4-5,7-8,10-13,23H,3,6,9,14-17H2,1-2H3,(H,27,28);1H. The van der Waals surface area contributed by atoms with Gasteiger partial charge < -0.3 is 19.9 Å². The topological polar surface area (TPSA) is 57.2 Å². The third kappa shape index (κ3) is 8.13. The molecule has 180 valence electrons. The molecule has 1 heterocycles. The second kappa shape index (κ2) is 13.3. The van der Waals surface area contributed by atoms with Gasteiger partial charge in [0, 0.05) is 39.6 Å². The Morgan fingerprint density at radius 1 is 1.18 bits per heavy atom. The van der Waals surface area contributed by atoms with Gasteiger partial charge in [-0.15, -0.1) is 24.0 Å². The number of likely N-dealkylation sites (tertiary alicyclic amines) is 1. The minimum atomic E-state index is -2.83. The number of benzene rings is 2. The number of rotatable bonds is 9. The zero-order valence-electron chi connectivity index (χ0n) is 19.0. The highest BCUT2D eigenvalue weighted by Gasteiger charge is 2.20. The average Bonchev–Trinajstić information content (AvgIpc) is 3.17. The van der Waals surface area contributed by atoms with Crippen LogP contribution in [0.15, 0.2) is 53.5 Å². The smallest absolute Gasteiger partial charge is 0.387 e. The van der Waals surface area contributed by atoms with E-state index in [9.17, 15) is 13.6 Å². The summed E-state index contributed by atoms with van der Waals surface area (Å²) in [6.45, 7) is 2.37. The second-order valence-corrected chi connectivity index (χ2v) is 7.74. The number of carbonyl (C=O) groups is 1. The fourth-order valence-electron chi connectivity index (χ4n) is 3.70. The van der Waals surface area contributed by atoms with Gasteiger partial charge in [0.05, 0.1) is 6.54 Å². The number of nitrogens with one attached hydrogen (secondary N) is 1. The lowest BCUT2D eigenvalue weighted by molar-refractivity contribution is -0.128. The largest absolute Gasteiger partial charge is 0.435 e. The van der Waals surface area contributed by atoms with Gasteiger partial charge in [0.25, 0.3) is 0 Å². The first-order valence-electron chi connectivity index (χ1n) is 10.8. The molecule has 9 heteroatoms. The molecule has 6 nitrogen and oxygen atoms in total. The Hall–Kier alpha value is -2.43. The number of aliphatic imine (C=N–C) groups is 1. The Morgan fingerprint density at radius 3 is 2.48 bits per heavy atom. The summed E-state index contributed by atoms with van der Waals surface area (Å²) in [5, 5.41) is 3.30. The minimum absolute atomic E-state index is 0. The summed E-state index contributed by atoms with van der Waals surface area (Å²) < 4.78 is 29.1. The lowest BCUT2D eigenvalue weighted by Gasteiger charge is -2.23. The van der Waals surface area contributed by atoms with Crippen molar-refractivity contribution in [1.29, 1.82) is 0 Å². The summed E-state index contributed by atoms with van der Waals surface area (Å²) in [5.41, 5.74) is 3.15. The number of halogens is 3. The van der Waals surface area contributed by atoms with E-state index in [1.165, 1.54) is 12.1 Å². The molecule has 1 aliphatic heterocycles. The zero-order valence-corrected chi connectivity index (χ0v) is 21.3. The second-order valence-electron chi connectivity index (χ2n) is 7.74. The molecule has 0 unspecified atom stereocenters. The summed E-state index contributed by atoms with van der Waals surface area (Å²) >= 11 is 0. The van der Waals surface area contributed by atoms with Crippen LogP contribution in [-0.2, 0) is 24.4 Å². The highest BCUT2D eigenvalue weighted by molar-refractivity contribution is 14.0. The van der Waals surface area contributed by atoms with E-state index in [0.717, 1.165) is 35.6 Å². The van der Waals surface area contributed by atoms with Crippen LogP contribution in [0.2, 0.25) is 0 Å². The van der Waals surface area contributed by atoms with E-state index in [1.807, 2.05) is 42.0 Å². The minimum Gasteiger partial charge on any atom is -0.435 e. The summed E-state index contributed by atoms with van der Waals surface area (Å²) in [6, 6.07) is 14.7. The Kier molecular flexibility index (Phi) is 10.8. The molecule has 2 aromatic carbocycles. The number of hydrogen-bond donors (Lipinski definition) is 1. The first-order valence-corrected chi connectivity index (χ1v) is 10.8. The number of hydrogen-bond acceptors (Lipinski definition) is 3. The molecule has 33 heavy (non-hydrogen) atoms. The molecule has 1 saturated heterocycles. The molecular weight excluding hydrogens is 541 g/mol. The van der Waals surface area contributed by atoms with Gasteiger partial charge in [-0.25, -0.2) is 4.99 Å². The molecule has 0 atom stereocenters. The fourth-order valence-corrected chi connectivity index (χ4v) is 3.70. The van der Waals surface area contributed by atoms with Crippen LogP contribution in [0.1, 0.15) is 36.5 Å².